The summed E-state index contributed by atoms with van der Waals surface area (Å²) < 4.78 is 39.8. The summed E-state index contributed by atoms with van der Waals surface area (Å²) in [6, 6.07) is 7.09. The number of halogens is 4. The first-order valence-electron chi connectivity index (χ1n) is 7.16. The van der Waals surface area contributed by atoms with Crippen molar-refractivity contribution < 1.29 is 18.0 Å². The third kappa shape index (κ3) is 4.08. The highest BCUT2D eigenvalue weighted by Crippen LogP contribution is 2.30. The van der Waals surface area contributed by atoms with Crippen molar-refractivity contribution in [3.8, 4) is 0 Å². The van der Waals surface area contributed by atoms with E-state index in [1.54, 1.807) is 12.1 Å². The molecule has 0 bridgehead atoms. The van der Waals surface area contributed by atoms with Gasteiger partial charge in [-0.2, -0.15) is 18.3 Å². The highest BCUT2D eigenvalue weighted by molar-refractivity contribution is 6.30. The van der Waals surface area contributed by atoms with Crippen molar-refractivity contribution >= 4 is 17.5 Å². The smallest absolute Gasteiger partial charge is 0.351 e. The molecule has 0 fully saturated rings. The van der Waals surface area contributed by atoms with Gasteiger partial charge in [-0.3, -0.25) is 9.48 Å². The van der Waals surface area contributed by atoms with Crippen molar-refractivity contribution in [3.05, 3.63) is 52.3 Å². The largest absolute Gasteiger partial charge is 0.435 e. The SMILES string of the molecule is Cn1cc(C(=O)NCC(C)(C)c2ccc(Cl)cc2)c(C(F)(F)F)n1. The molecule has 1 heterocycles. The van der Waals surface area contributed by atoms with Gasteiger partial charge in [0, 0.05) is 30.2 Å². The zero-order valence-corrected chi connectivity index (χ0v) is 14.2. The Morgan fingerprint density at radius 3 is 2.38 bits per heavy atom. The zero-order valence-electron chi connectivity index (χ0n) is 13.4. The van der Waals surface area contributed by atoms with E-state index in [0.717, 1.165) is 16.4 Å². The van der Waals surface area contributed by atoms with Crippen molar-refractivity contribution in [3.63, 3.8) is 0 Å². The van der Waals surface area contributed by atoms with Crippen molar-refractivity contribution in [2.75, 3.05) is 6.54 Å². The standard InChI is InChI=1S/C16H17ClF3N3O/c1-15(2,10-4-6-11(17)7-5-10)9-21-14(24)12-8-23(3)22-13(12)16(18,19)20/h4-8H,9H2,1-3H3,(H,21,24). The van der Waals surface area contributed by atoms with Crippen LogP contribution in [-0.2, 0) is 18.6 Å². The van der Waals surface area contributed by atoms with E-state index in [1.807, 2.05) is 26.0 Å². The van der Waals surface area contributed by atoms with Gasteiger partial charge in [-0.25, -0.2) is 0 Å². The van der Waals surface area contributed by atoms with Crippen LogP contribution in [0.15, 0.2) is 30.5 Å². The van der Waals surface area contributed by atoms with Crippen LogP contribution >= 0.6 is 11.6 Å². The second-order valence-electron chi connectivity index (χ2n) is 6.14. The summed E-state index contributed by atoms with van der Waals surface area (Å²) >= 11 is 5.85. The zero-order chi connectivity index (χ0) is 18.1. The van der Waals surface area contributed by atoms with Crippen LogP contribution in [0.25, 0.3) is 0 Å². The second kappa shape index (κ2) is 6.47. The van der Waals surface area contributed by atoms with E-state index in [0.29, 0.717) is 5.02 Å². The molecule has 2 rings (SSSR count). The highest BCUT2D eigenvalue weighted by atomic mass is 35.5. The van der Waals surface area contributed by atoms with Crippen LogP contribution in [0.4, 0.5) is 13.2 Å². The van der Waals surface area contributed by atoms with Crippen LogP contribution < -0.4 is 5.32 Å². The van der Waals surface area contributed by atoms with Gasteiger partial charge >= 0.3 is 6.18 Å². The summed E-state index contributed by atoms with van der Waals surface area (Å²) in [5.41, 5.74) is -1.24. The number of carbonyl (C=O) groups excluding carboxylic acids is 1. The van der Waals surface area contributed by atoms with Gasteiger partial charge in [0.05, 0.1) is 5.56 Å². The number of benzene rings is 1. The topological polar surface area (TPSA) is 46.9 Å². The van der Waals surface area contributed by atoms with Crippen LogP contribution in [-0.4, -0.2) is 22.2 Å². The number of alkyl halides is 3. The minimum absolute atomic E-state index is 0.166. The van der Waals surface area contributed by atoms with E-state index in [4.69, 9.17) is 11.6 Å². The molecule has 8 heteroatoms. The number of nitrogens with one attached hydrogen (secondary N) is 1. The maximum atomic E-state index is 12.9. The van der Waals surface area contributed by atoms with Crippen molar-refractivity contribution in [1.82, 2.24) is 15.1 Å². The molecule has 0 radical (unpaired) electrons. The minimum Gasteiger partial charge on any atom is -0.351 e. The molecule has 0 aliphatic carbocycles. The second-order valence-corrected chi connectivity index (χ2v) is 6.57. The number of aromatic nitrogens is 2. The van der Waals surface area contributed by atoms with Crippen molar-refractivity contribution in [2.45, 2.75) is 25.4 Å². The molecule has 0 unspecified atom stereocenters. The number of hydrogen-bond acceptors (Lipinski definition) is 2. The van der Waals surface area contributed by atoms with Crippen LogP contribution in [0.2, 0.25) is 5.02 Å². The number of rotatable bonds is 4. The number of carbonyl (C=O) groups is 1. The fourth-order valence-electron chi connectivity index (χ4n) is 2.26. The molecule has 0 aliphatic rings. The Balaban J connectivity index is 2.15. The summed E-state index contributed by atoms with van der Waals surface area (Å²) in [7, 11) is 1.34. The molecule has 0 spiro atoms. The predicted molar refractivity (Wildman–Crippen MR) is 85.0 cm³/mol. The van der Waals surface area contributed by atoms with Gasteiger partial charge < -0.3 is 5.32 Å². The quantitative estimate of drug-likeness (QED) is 0.902. The Labute approximate surface area is 142 Å². The number of nitrogens with zero attached hydrogens (tertiary/aromatic N) is 2. The average molecular weight is 360 g/mol. The lowest BCUT2D eigenvalue weighted by Gasteiger charge is -2.25. The summed E-state index contributed by atoms with van der Waals surface area (Å²) in [4.78, 5) is 12.2. The van der Waals surface area contributed by atoms with Crippen LogP contribution in [0, 0.1) is 0 Å². The van der Waals surface area contributed by atoms with Crippen LogP contribution in [0.5, 0.6) is 0 Å². The molecule has 1 aromatic carbocycles. The van der Waals surface area contributed by atoms with Crippen LogP contribution in [0.3, 0.4) is 0 Å². The van der Waals surface area contributed by atoms with Gasteiger partial charge in [-0.05, 0) is 17.7 Å². The number of amides is 1. The van der Waals surface area contributed by atoms with Crippen molar-refractivity contribution in [1.29, 1.82) is 0 Å². The third-order valence-electron chi connectivity index (χ3n) is 3.66. The Bertz CT molecular complexity index is 736. The molecular formula is C16H17ClF3N3O. The maximum Gasteiger partial charge on any atom is 0.435 e. The summed E-state index contributed by atoms with van der Waals surface area (Å²) in [5, 5.41) is 6.47. The Morgan fingerprint density at radius 1 is 1.25 bits per heavy atom. The molecule has 0 aliphatic heterocycles. The lowest BCUT2D eigenvalue weighted by atomic mass is 9.84. The summed E-state index contributed by atoms with van der Waals surface area (Å²) in [6.45, 7) is 3.93. The van der Waals surface area contributed by atoms with E-state index in [1.165, 1.54) is 7.05 Å². The molecule has 24 heavy (non-hydrogen) atoms. The van der Waals surface area contributed by atoms with Gasteiger partial charge in [0.15, 0.2) is 5.69 Å². The summed E-state index contributed by atoms with van der Waals surface area (Å²) in [6.07, 6.45) is -3.62. The molecule has 0 atom stereocenters. The minimum atomic E-state index is -4.68. The lowest BCUT2D eigenvalue weighted by Crippen LogP contribution is -2.37. The molecule has 1 N–H and O–H groups in total. The first-order chi connectivity index (χ1) is 11.0. The van der Waals surface area contributed by atoms with E-state index >= 15 is 0 Å². The first kappa shape index (κ1) is 18.3. The van der Waals surface area contributed by atoms with E-state index in [2.05, 4.69) is 10.4 Å². The molecular weight excluding hydrogens is 343 g/mol. The lowest BCUT2D eigenvalue weighted by molar-refractivity contribution is -0.141. The van der Waals surface area contributed by atoms with Gasteiger partial charge in [0.2, 0.25) is 0 Å². The van der Waals surface area contributed by atoms with Crippen molar-refractivity contribution in [2.24, 2.45) is 7.05 Å². The van der Waals surface area contributed by atoms with E-state index < -0.39 is 28.8 Å². The average Bonchev–Trinajstić information content (AvgIpc) is 2.87. The van der Waals surface area contributed by atoms with Crippen LogP contribution in [0.1, 0.15) is 35.5 Å². The summed E-state index contributed by atoms with van der Waals surface area (Å²) in [5.74, 6) is -0.808. The fraction of sp³-hybridized carbons (Fsp3) is 0.375. The molecule has 0 saturated heterocycles. The molecule has 1 aromatic heterocycles. The van der Waals surface area contributed by atoms with Gasteiger partial charge in [-0.1, -0.05) is 37.6 Å². The Hall–Kier alpha value is -2.02. The molecule has 4 nitrogen and oxygen atoms in total. The number of hydrogen-bond donors (Lipinski definition) is 1. The Kier molecular flexibility index (Phi) is 4.94. The molecule has 0 saturated carbocycles. The van der Waals surface area contributed by atoms with Gasteiger partial charge in [0.25, 0.3) is 5.91 Å². The number of aryl methyl sites for hydroxylation is 1. The van der Waals surface area contributed by atoms with Gasteiger partial charge in [-0.15, -0.1) is 0 Å². The molecule has 130 valence electrons. The molecule has 2 aromatic rings. The first-order valence-corrected chi connectivity index (χ1v) is 7.53. The van der Waals surface area contributed by atoms with E-state index in [-0.39, 0.29) is 6.54 Å². The third-order valence-corrected chi connectivity index (χ3v) is 3.91. The normalized spacial score (nSPS) is 12.3. The molecule has 1 amide bonds. The fourth-order valence-corrected chi connectivity index (χ4v) is 2.39. The van der Waals surface area contributed by atoms with E-state index in [9.17, 15) is 18.0 Å². The predicted octanol–water partition coefficient (Wildman–Crippen LogP) is 3.80. The Morgan fingerprint density at radius 2 is 1.83 bits per heavy atom. The monoisotopic (exact) mass is 359 g/mol. The van der Waals surface area contributed by atoms with Gasteiger partial charge in [0.1, 0.15) is 0 Å². The highest BCUT2D eigenvalue weighted by Gasteiger charge is 2.39. The maximum absolute atomic E-state index is 12.9.